The summed E-state index contributed by atoms with van der Waals surface area (Å²) < 4.78 is 0. The van der Waals surface area contributed by atoms with E-state index in [1.165, 1.54) is 0 Å². The van der Waals surface area contributed by atoms with E-state index in [2.05, 4.69) is 5.32 Å². The van der Waals surface area contributed by atoms with Gasteiger partial charge in [0.15, 0.2) is 6.04 Å². The zero-order valence-electron chi connectivity index (χ0n) is 9.30. The van der Waals surface area contributed by atoms with Crippen molar-refractivity contribution in [2.24, 2.45) is 0 Å². The molecule has 1 heterocycles. The van der Waals surface area contributed by atoms with Crippen LogP contribution in [0.15, 0.2) is 0 Å². The molecule has 0 saturated carbocycles. The Labute approximate surface area is 102 Å². The van der Waals surface area contributed by atoms with Crippen LogP contribution >= 0.6 is 0 Å². The van der Waals surface area contributed by atoms with Gasteiger partial charge in [0.2, 0.25) is 11.8 Å². The predicted octanol–water partition coefficient (Wildman–Crippen LogP) is -2.46. The highest BCUT2D eigenvalue weighted by Gasteiger charge is 2.28. The van der Waals surface area contributed by atoms with Gasteiger partial charge in [-0.1, -0.05) is 0 Å². The number of rotatable bonds is 4. The Hall–Kier alpha value is -2.16. The van der Waals surface area contributed by atoms with Crippen molar-refractivity contribution in [3.63, 3.8) is 0 Å². The van der Waals surface area contributed by atoms with E-state index in [0.717, 1.165) is 0 Å². The van der Waals surface area contributed by atoms with Crippen molar-refractivity contribution in [2.45, 2.75) is 24.9 Å². The molecular formula is C9H13N3O6. The number of piperidine rings is 1. The lowest BCUT2D eigenvalue weighted by molar-refractivity contribution is -0.140. The molecule has 1 aliphatic rings. The standard InChI is InChI=1S/C9H13N3O6/c13-3-5(8(16)17)11-9(18)10-4-1-2-6(14)12-7(4)15/h4-5,13H,1-3H2,(H,16,17)(H2,10,11,18)(H,12,14,15). The Kier molecular flexibility index (Phi) is 4.60. The first-order valence-corrected chi connectivity index (χ1v) is 5.18. The van der Waals surface area contributed by atoms with E-state index >= 15 is 0 Å². The van der Waals surface area contributed by atoms with Crippen LogP contribution in [0.3, 0.4) is 0 Å². The number of aliphatic hydroxyl groups is 1. The number of urea groups is 1. The van der Waals surface area contributed by atoms with Gasteiger partial charge in [0.1, 0.15) is 6.04 Å². The van der Waals surface area contributed by atoms with Gasteiger partial charge in [0.25, 0.3) is 0 Å². The Morgan fingerprint density at radius 2 is 2.11 bits per heavy atom. The van der Waals surface area contributed by atoms with Crippen LogP contribution in [0, 0.1) is 0 Å². The highest BCUT2D eigenvalue weighted by molar-refractivity contribution is 6.01. The lowest BCUT2D eigenvalue weighted by Gasteiger charge is -2.22. The molecule has 5 N–H and O–H groups in total. The molecular weight excluding hydrogens is 246 g/mol. The van der Waals surface area contributed by atoms with Crippen molar-refractivity contribution in [2.75, 3.05) is 6.61 Å². The molecule has 0 spiro atoms. The third-order valence-corrected chi connectivity index (χ3v) is 2.33. The van der Waals surface area contributed by atoms with Crippen molar-refractivity contribution in [1.82, 2.24) is 16.0 Å². The van der Waals surface area contributed by atoms with Crippen LogP contribution in [-0.2, 0) is 14.4 Å². The largest absolute Gasteiger partial charge is 0.480 e. The molecule has 0 aromatic carbocycles. The second kappa shape index (κ2) is 5.96. The second-order valence-corrected chi connectivity index (χ2v) is 3.69. The molecule has 9 heteroatoms. The van der Waals surface area contributed by atoms with E-state index in [0.29, 0.717) is 0 Å². The van der Waals surface area contributed by atoms with Gasteiger partial charge < -0.3 is 20.8 Å². The van der Waals surface area contributed by atoms with Gasteiger partial charge in [-0.05, 0) is 6.42 Å². The first-order chi connectivity index (χ1) is 8.43. The topological polar surface area (TPSA) is 145 Å². The number of aliphatic hydroxyl groups excluding tert-OH is 1. The lowest BCUT2D eigenvalue weighted by Crippen LogP contribution is -2.56. The van der Waals surface area contributed by atoms with Crippen LogP contribution in [0.2, 0.25) is 0 Å². The van der Waals surface area contributed by atoms with Crippen LogP contribution in [0.5, 0.6) is 0 Å². The number of carboxylic acids is 1. The summed E-state index contributed by atoms with van der Waals surface area (Å²) in [6.45, 7) is -0.766. The number of nitrogens with one attached hydrogen (secondary N) is 3. The van der Waals surface area contributed by atoms with Crippen molar-refractivity contribution >= 4 is 23.8 Å². The smallest absolute Gasteiger partial charge is 0.328 e. The van der Waals surface area contributed by atoms with Crippen LogP contribution in [-0.4, -0.2) is 52.7 Å². The second-order valence-electron chi connectivity index (χ2n) is 3.69. The Morgan fingerprint density at radius 3 is 2.61 bits per heavy atom. The summed E-state index contributed by atoms with van der Waals surface area (Å²) in [6, 6.07) is -3.24. The van der Waals surface area contributed by atoms with Crippen LogP contribution in [0.1, 0.15) is 12.8 Å². The van der Waals surface area contributed by atoms with E-state index in [1.54, 1.807) is 0 Å². The molecule has 9 nitrogen and oxygen atoms in total. The zero-order valence-corrected chi connectivity index (χ0v) is 9.30. The first-order valence-electron chi connectivity index (χ1n) is 5.18. The Balaban J connectivity index is 2.47. The number of aliphatic carboxylic acids is 1. The first kappa shape index (κ1) is 13.9. The third-order valence-electron chi connectivity index (χ3n) is 2.33. The number of amides is 4. The number of carbonyl (C=O) groups is 4. The minimum atomic E-state index is -1.45. The Bertz CT molecular complexity index is 382. The molecule has 0 aliphatic carbocycles. The quantitative estimate of drug-likeness (QED) is 0.354. The average Bonchev–Trinajstić information content (AvgIpc) is 2.29. The minimum absolute atomic E-state index is 0.0963. The maximum absolute atomic E-state index is 11.4. The van der Waals surface area contributed by atoms with E-state index < -0.39 is 42.5 Å². The number of hydrogen-bond acceptors (Lipinski definition) is 5. The van der Waals surface area contributed by atoms with Gasteiger partial charge in [0, 0.05) is 6.42 Å². The van der Waals surface area contributed by atoms with Gasteiger partial charge in [-0.3, -0.25) is 14.9 Å². The minimum Gasteiger partial charge on any atom is -0.480 e. The van der Waals surface area contributed by atoms with Crippen molar-refractivity contribution in [1.29, 1.82) is 0 Å². The summed E-state index contributed by atoms with van der Waals surface area (Å²) in [5, 5.41) is 23.5. The monoisotopic (exact) mass is 259 g/mol. The zero-order chi connectivity index (χ0) is 13.7. The van der Waals surface area contributed by atoms with Gasteiger partial charge in [-0.2, -0.15) is 0 Å². The van der Waals surface area contributed by atoms with E-state index in [-0.39, 0.29) is 12.8 Å². The summed E-state index contributed by atoms with van der Waals surface area (Å²) in [5.74, 6) is -2.45. The third kappa shape index (κ3) is 3.70. The lowest BCUT2D eigenvalue weighted by atomic mass is 10.1. The summed E-state index contributed by atoms with van der Waals surface area (Å²) in [4.78, 5) is 44.0. The molecule has 1 fully saturated rings. The van der Waals surface area contributed by atoms with E-state index in [9.17, 15) is 19.2 Å². The van der Waals surface area contributed by atoms with Gasteiger partial charge in [0.05, 0.1) is 6.61 Å². The fourth-order valence-electron chi connectivity index (χ4n) is 1.37. The van der Waals surface area contributed by atoms with Crippen molar-refractivity contribution in [3.8, 4) is 0 Å². The van der Waals surface area contributed by atoms with Crippen molar-refractivity contribution in [3.05, 3.63) is 0 Å². The molecule has 2 atom stereocenters. The normalized spacial score (nSPS) is 20.8. The molecule has 1 aliphatic heterocycles. The molecule has 4 amide bonds. The molecule has 0 aromatic heterocycles. The molecule has 0 radical (unpaired) electrons. The van der Waals surface area contributed by atoms with Gasteiger partial charge >= 0.3 is 12.0 Å². The van der Waals surface area contributed by atoms with E-state index in [4.69, 9.17) is 10.2 Å². The van der Waals surface area contributed by atoms with Crippen LogP contribution in [0.25, 0.3) is 0 Å². The number of carboxylic acid groups (broad SMARTS) is 1. The number of carbonyl (C=O) groups excluding carboxylic acids is 3. The van der Waals surface area contributed by atoms with Gasteiger partial charge in [-0.15, -0.1) is 0 Å². The fraction of sp³-hybridized carbons (Fsp3) is 0.556. The molecule has 1 rings (SSSR count). The number of imide groups is 1. The summed E-state index contributed by atoms with van der Waals surface area (Å²) in [6.07, 6.45) is 0.244. The molecule has 2 unspecified atom stereocenters. The molecule has 0 aromatic rings. The molecule has 18 heavy (non-hydrogen) atoms. The molecule has 0 bridgehead atoms. The summed E-state index contributed by atoms with van der Waals surface area (Å²) in [7, 11) is 0. The van der Waals surface area contributed by atoms with Crippen LogP contribution < -0.4 is 16.0 Å². The highest BCUT2D eigenvalue weighted by Crippen LogP contribution is 2.03. The maximum Gasteiger partial charge on any atom is 0.328 e. The van der Waals surface area contributed by atoms with Gasteiger partial charge in [-0.25, -0.2) is 9.59 Å². The summed E-state index contributed by atoms with van der Waals surface area (Å²) in [5.41, 5.74) is 0. The fourth-order valence-corrected chi connectivity index (χ4v) is 1.37. The molecule has 100 valence electrons. The number of hydrogen-bond donors (Lipinski definition) is 5. The maximum atomic E-state index is 11.4. The van der Waals surface area contributed by atoms with Crippen molar-refractivity contribution < 1.29 is 29.4 Å². The van der Waals surface area contributed by atoms with Crippen LogP contribution in [0.4, 0.5) is 4.79 Å². The average molecular weight is 259 g/mol. The summed E-state index contributed by atoms with van der Waals surface area (Å²) >= 11 is 0. The SMILES string of the molecule is O=C1CCC(NC(=O)NC(CO)C(=O)O)C(=O)N1. The Morgan fingerprint density at radius 1 is 1.44 bits per heavy atom. The highest BCUT2D eigenvalue weighted by atomic mass is 16.4. The molecule has 1 saturated heterocycles. The van der Waals surface area contributed by atoms with E-state index in [1.807, 2.05) is 10.6 Å². The predicted molar refractivity (Wildman–Crippen MR) is 56.3 cm³/mol.